The van der Waals surface area contributed by atoms with Gasteiger partial charge >= 0.3 is 5.97 Å². The Bertz CT molecular complexity index is 500. The van der Waals surface area contributed by atoms with Crippen molar-refractivity contribution in [3.8, 4) is 0 Å². The fourth-order valence-corrected chi connectivity index (χ4v) is 2.05. The molecule has 0 N–H and O–H groups in total. The third-order valence-electron chi connectivity index (χ3n) is 3.20. The van der Waals surface area contributed by atoms with Crippen LogP contribution >= 0.6 is 0 Å². The Kier molecular flexibility index (Phi) is 6.30. The highest BCUT2D eigenvalue weighted by molar-refractivity contribution is 5.69. The zero-order valence-corrected chi connectivity index (χ0v) is 12.9. The molecule has 0 amide bonds. The normalized spacial score (nSPS) is 11.2. The van der Waals surface area contributed by atoms with Crippen LogP contribution in [-0.2, 0) is 16.1 Å². The number of ether oxygens (including phenoxy) is 1. The Morgan fingerprint density at radius 1 is 1.33 bits per heavy atom. The molecule has 0 saturated carbocycles. The van der Waals surface area contributed by atoms with E-state index >= 15 is 0 Å². The fourth-order valence-electron chi connectivity index (χ4n) is 2.05. The van der Waals surface area contributed by atoms with Crippen molar-refractivity contribution in [2.45, 2.75) is 26.3 Å². The van der Waals surface area contributed by atoms with Crippen molar-refractivity contribution in [1.29, 1.82) is 0 Å². The number of benzene rings is 1. The van der Waals surface area contributed by atoms with Gasteiger partial charge in [0.25, 0.3) is 5.69 Å². The van der Waals surface area contributed by atoms with Crippen LogP contribution in [0, 0.1) is 10.1 Å². The minimum absolute atomic E-state index is 0.131. The highest BCUT2D eigenvalue weighted by Crippen LogP contribution is 2.21. The van der Waals surface area contributed by atoms with E-state index in [1.807, 2.05) is 21.0 Å². The summed E-state index contributed by atoms with van der Waals surface area (Å²) in [6.45, 7) is 3.38. The van der Waals surface area contributed by atoms with Crippen LogP contribution in [0.15, 0.2) is 24.3 Å². The van der Waals surface area contributed by atoms with Crippen LogP contribution in [0.4, 0.5) is 5.69 Å². The lowest BCUT2D eigenvalue weighted by atomic mass is 10.1. The summed E-state index contributed by atoms with van der Waals surface area (Å²) >= 11 is 0. The van der Waals surface area contributed by atoms with Gasteiger partial charge in [-0.1, -0.05) is 19.1 Å². The van der Waals surface area contributed by atoms with E-state index in [9.17, 15) is 14.9 Å². The van der Waals surface area contributed by atoms with Crippen molar-refractivity contribution < 1.29 is 18.9 Å². The van der Waals surface area contributed by atoms with Crippen LogP contribution in [0.3, 0.4) is 0 Å². The summed E-state index contributed by atoms with van der Waals surface area (Å²) in [5.74, 6) is -0.191. The minimum atomic E-state index is -0.364. The van der Waals surface area contributed by atoms with Crippen LogP contribution in [0.1, 0.15) is 25.3 Å². The Morgan fingerprint density at radius 3 is 2.62 bits per heavy atom. The first-order valence-corrected chi connectivity index (χ1v) is 7.05. The first-order valence-electron chi connectivity index (χ1n) is 7.05. The van der Waals surface area contributed by atoms with E-state index in [1.54, 1.807) is 18.2 Å². The zero-order valence-electron chi connectivity index (χ0n) is 12.9. The van der Waals surface area contributed by atoms with Crippen molar-refractivity contribution in [2.24, 2.45) is 0 Å². The summed E-state index contributed by atoms with van der Waals surface area (Å²) in [6.07, 6.45) is 1.20. The Morgan fingerprint density at radius 2 is 2.00 bits per heavy atom. The number of carbonyl (C=O) groups excluding carboxylic acids is 1. The number of nitro benzene ring substituents is 1. The van der Waals surface area contributed by atoms with Gasteiger partial charge in [-0.2, -0.15) is 0 Å². The smallest absolute Gasteiger partial charge is 0.305 e. The topological polar surface area (TPSA) is 69.4 Å². The number of rotatable bonds is 8. The quantitative estimate of drug-likeness (QED) is 0.320. The molecule has 1 aromatic carbocycles. The van der Waals surface area contributed by atoms with E-state index in [-0.39, 0.29) is 16.6 Å². The molecule has 0 saturated heterocycles. The molecule has 0 unspecified atom stereocenters. The number of para-hydroxylation sites is 1. The summed E-state index contributed by atoms with van der Waals surface area (Å²) in [6, 6.07) is 6.73. The van der Waals surface area contributed by atoms with Gasteiger partial charge in [-0.05, 0) is 12.5 Å². The number of likely N-dealkylation sites (N-methyl/N-ethyl adjacent to an activating group) is 1. The lowest BCUT2D eigenvalue weighted by Gasteiger charge is -2.29. The van der Waals surface area contributed by atoms with E-state index in [0.717, 1.165) is 6.42 Å². The summed E-state index contributed by atoms with van der Waals surface area (Å²) in [4.78, 5) is 22.0. The van der Waals surface area contributed by atoms with Gasteiger partial charge in [-0.15, -0.1) is 0 Å². The Labute approximate surface area is 125 Å². The lowest BCUT2D eigenvalue weighted by molar-refractivity contribution is -0.903. The number of quaternary nitrogens is 1. The molecule has 0 aliphatic rings. The number of nitrogens with zero attached hydrogens (tertiary/aromatic N) is 2. The number of esters is 1. The standard InChI is InChI=1S/C15H23N2O4/c1-4-7-15(18)21-11-10-17(2,3)12-13-8-5-6-9-14(13)16(19)20/h5-6,8-9H,4,7,10-12H2,1-3H3/q+1. The SMILES string of the molecule is CCCC(=O)OCC[N+](C)(C)Cc1ccccc1[N+](=O)[O-]. The monoisotopic (exact) mass is 295 g/mol. The predicted octanol–water partition coefficient (Wildman–Crippen LogP) is 2.51. The van der Waals surface area contributed by atoms with Gasteiger partial charge in [0.1, 0.15) is 19.7 Å². The van der Waals surface area contributed by atoms with E-state index in [1.165, 1.54) is 6.07 Å². The zero-order chi connectivity index (χ0) is 15.9. The van der Waals surface area contributed by atoms with Gasteiger partial charge < -0.3 is 9.22 Å². The number of nitro groups is 1. The van der Waals surface area contributed by atoms with Crippen LogP contribution in [0.5, 0.6) is 0 Å². The van der Waals surface area contributed by atoms with Crippen molar-refractivity contribution in [2.75, 3.05) is 27.2 Å². The van der Waals surface area contributed by atoms with Crippen LogP contribution < -0.4 is 0 Å². The number of hydrogen-bond acceptors (Lipinski definition) is 4. The largest absolute Gasteiger partial charge is 0.460 e. The lowest BCUT2D eigenvalue weighted by Crippen LogP contribution is -2.41. The van der Waals surface area contributed by atoms with E-state index in [0.29, 0.717) is 36.2 Å². The molecule has 21 heavy (non-hydrogen) atoms. The molecule has 1 aromatic rings. The molecule has 1 rings (SSSR count). The summed E-state index contributed by atoms with van der Waals surface area (Å²) < 4.78 is 5.66. The van der Waals surface area contributed by atoms with Crippen molar-refractivity contribution in [1.82, 2.24) is 0 Å². The molecule has 0 aliphatic heterocycles. The van der Waals surface area contributed by atoms with Crippen molar-refractivity contribution >= 4 is 11.7 Å². The molecule has 0 heterocycles. The molecule has 0 fully saturated rings. The molecule has 0 atom stereocenters. The van der Waals surface area contributed by atoms with E-state index < -0.39 is 0 Å². The van der Waals surface area contributed by atoms with E-state index in [4.69, 9.17) is 4.74 Å². The Hall–Kier alpha value is -1.95. The Balaban J connectivity index is 2.60. The maximum absolute atomic E-state index is 11.3. The van der Waals surface area contributed by atoms with Crippen molar-refractivity contribution in [3.05, 3.63) is 39.9 Å². The minimum Gasteiger partial charge on any atom is -0.460 e. The predicted molar refractivity (Wildman–Crippen MR) is 79.6 cm³/mol. The van der Waals surface area contributed by atoms with Gasteiger partial charge in [0.2, 0.25) is 0 Å². The van der Waals surface area contributed by atoms with Crippen LogP contribution in [-0.4, -0.2) is 42.6 Å². The second-order valence-corrected chi connectivity index (χ2v) is 5.67. The molecule has 0 spiro atoms. The summed E-state index contributed by atoms with van der Waals surface area (Å²) in [5, 5.41) is 11.0. The van der Waals surface area contributed by atoms with E-state index in [2.05, 4.69) is 0 Å². The van der Waals surface area contributed by atoms with Crippen LogP contribution in [0.2, 0.25) is 0 Å². The first kappa shape index (κ1) is 17.1. The second-order valence-electron chi connectivity index (χ2n) is 5.67. The van der Waals surface area contributed by atoms with Gasteiger partial charge in [0.15, 0.2) is 0 Å². The molecule has 116 valence electrons. The highest BCUT2D eigenvalue weighted by Gasteiger charge is 2.22. The van der Waals surface area contributed by atoms with Gasteiger partial charge in [0, 0.05) is 12.5 Å². The molecule has 0 bridgehead atoms. The maximum atomic E-state index is 11.3. The van der Waals surface area contributed by atoms with Crippen molar-refractivity contribution in [3.63, 3.8) is 0 Å². The molecule has 0 aromatic heterocycles. The second kappa shape index (κ2) is 7.73. The maximum Gasteiger partial charge on any atom is 0.305 e. The number of hydrogen-bond donors (Lipinski definition) is 0. The third-order valence-corrected chi connectivity index (χ3v) is 3.20. The summed E-state index contributed by atoms with van der Waals surface area (Å²) in [7, 11) is 3.93. The van der Waals surface area contributed by atoms with Gasteiger partial charge in [-0.25, -0.2) is 0 Å². The van der Waals surface area contributed by atoms with Gasteiger partial charge in [-0.3, -0.25) is 14.9 Å². The molecule has 6 nitrogen and oxygen atoms in total. The average Bonchev–Trinajstić information content (AvgIpc) is 2.38. The molecule has 0 radical (unpaired) electrons. The highest BCUT2D eigenvalue weighted by atomic mass is 16.6. The van der Waals surface area contributed by atoms with Gasteiger partial charge in [0.05, 0.1) is 24.6 Å². The average molecular weight is 295 g/mol. The fraction of sp³-hybridized carbons (Fsp3) is 0.533. The number of carbonyl (C=O) groups is 1. The molecule has 0 aliphatic carbocycles. The molecular formula is C15H23N2O4+. The van der Waals surface area contributed by atoms with Crippen LogP contribution in [0.25, 0.3) is 0 Å². The summed E-state index contributed by atoms with van der Waals surface area (Å²) in [5.41, 5.74) is 0.819. The molecule has 6 heteroatoms. The third kappa shape index (κ3) is 5.91. The first-order chi connectivity index (χ1) is 9.85. The molecular weight excluding hydrogens is 272 g/mol.